The van der Waals surface area contributed by atoms with Crippen LogP contribution in [0.3, 0.4) is 0 Å². The molecule has 0 saturated carbocycles. The van der Waals surface area contributed by atoms with Crippen molar-refractivity contribution >= 4 is 27.3 Å². The van der Waals surface area contributed by atoms with Gasteiger partial charge in [-0.1, -0.05) is 12.1 Å². The Labute approximate surface area is 120 Å². The Balaban J connectivity index is 1.93. The van der Waals surface area contributed by atoms with E-state index in [0.717, 1.165) is 20.9 Å². The van der Waals surface area contributed by atoms with Crippen LogP contribution in [0.1, 0.15) is 16.0 Å². The summed E-state index contributed by atoms with van der Waals surface area (Å²) in [6.07, 6.45) is -2.65. The third kappa shape index (κ3) is 4.29. The molecular weight excluding hydrogens is 343 g/mol. The van der Waals surface area contributed by atoms with Gasteiger partial charge in [-0.05, 0) is 33.6 Å². The summed E-state index contributed by atoms with van der Waals surface area (Å²) in [5.41, 5.74) is -0.160. The van der Waals surface area contributed by atoms with E-state index in [-0.39, 0.29) is 6.61 Å². The van der Waals surface area contributed by atoms with Crippen LogP contribution in [-0.4, -0.2) is 4.98 Å². The van der Waals surface area contributed by atoms with Crippen molar-refractivity contribution in [2.75, 3.05) is 0 Å². The SMILES string of the molecule is FC(F)(F)c1cccc(COCc2cnc(Br)s2)c1. The summed E-state index contributed by atoms with van der Waals surface area (Å²) in [5.74, 6) is 0. The van der Waals surface area contributed by atoms with Crippen molar-refractivity contribution in [2.45, 2.75) is 19.4 Å². The molecule has 0 atom stereocenters. The summed E-state index contributed by atoms with van der Waals surface area (Å²) in [7, 11) is 0. The van der Waals surface area contributed by atoms with E-state index in [2.05, 4.69) is 20.9 Å². The molecular formula is C12H9BrF3NOS. The molecule has 0 saturated heterocycles. The largest absolute Gasteiger partial charge is 0.416 e. The zero-order chi connectivity index (χ0) is 13.9. The zero-order valence-corrected chi connectivity index (χ0v) is 12.0. The van der Waals surface area contributed by atoms with Gasteiger partial charge in [0.1, 0.15) is 0 Å². The lowest BCUT2D eigenvalue weighted by atomic mass is 10.1. The predicted octanol–water partition coefficient (Wildman–Crippen LogP) is 4.64. The summed E-state index contributed by atoms with van der Waals surface area (Å²) in [6, 6.07) is 5.13. The monoisotopic (exact) mass is 351 g/mol. The molecule has 1 aromatic carbocycles. The first-order chi connectivity index (χ1) is 8.95. The van der Waals surface area contributed by atoms with Gasteiger partial charge in [-0.25, -0.2) is 4.98 Å². The number of halogens is 4. The van der Waals surface area contributed by atoms with Crippen LogP contribution in [0.2, 0.25) is 0 Å². The van der Waals surface area contributed by atoms with Gasteiger partial charge in [-0.15, -0.1) is 11.3 Å². The Morgan fingerprint density at radius 2 is 2.05 bits per heavy atom. The van der Waals surface area contributed by atoms with E-state index in [1.165, 1.54) is 17.4 Å². The second-order valence-corrected chi connectivity index (χ2v) is 6.16. The third-order valence-corrected chi connectivity index (χ3v) is 3.74. The Morgan fingerprint density at radius 3 is 2.68 bits per heavy atom. The number of hydrogen-bond acceptors (Lipinski definition) is 3. The van der Waals surface area contributed by atoms with Gasteiger partial charge in [0.05, 0.1) is 23.7 Å². The number of nitrogens with zero attached hydrogens (tertiary/aromatic N) is 1. The van der Waals surface area contributed by atoms with Crippen LogP contribution < -0.4 is 0 Å². The summed E-state index contributed by atoms with van der Waals surface area (Å²) in [4.78, 5) is 4.91. The molecule has 0 aliphatic rings. The summed E-state index contributed by atoms with van der Waals surface area (Å²) >= 11 is 4.66. The molecule has 2 rings (SSSR count). The van der Waals surface area contributed by atoms with Gasteiger partial charge >= 0.3 is 6.18 Å². The summed E-state index contributed by atoms with van der Waals surface area (Å²) in [5, 5.41) is 0. The van der Waals surface area contributed by atoms with Crippen molar-refractivity contribution in [3.05, 3.63) is 50.4 Å². The minimum atomic E-state index is -4.32. The second kappa shape index (κ2) is 6.02. The molecule has 19 heavy (non-hydrogen) atoms. The standard InChI is InChI=1S/C12H9BrF3NOS/c13-11-17-5-10(19-11)7-18-6-8-2-1-3-9(4-8)12(14,15)16/h1-5H,6-7H2. The van der Waals surface area contributed by atoms with E-state index in [4.69, 9.17) is 4.74 Å². The molecule has 0 aliphatic carbocycles. The van der Waals surface area contributed by atoms with E-state index >= 15 is 0 Å². The van der Waals surface area contributed by atoms with Crippen molar-refractivity contribution in [3.63, 3.8) is 0 Å². The van der Waals surface area contributed by atoms with Gasteiger partial charge in [-0.3, -0.25) is 0 Å². The molecule has 0 amide bonds. The minimum Gasteiger partial charge on any atom is -0.371 e. The highest BCUT2D eigenvalue weighted by Gasteiger charge is 2.30. The van der Waals surface area contributed by atoms with Crippen molar-refractivity contribution in [3.8, 4) is 0 Å². The molecule has 2 nitrogen and oxygen atoms in total. The van der Waals surface area contributed by atoms with Crippen molar-refractivity contribution in [1.82, 2.24) is 4.98 Å². The molecule has 0 fully saturated rings. The van der Waals surface area contributed by atoms with Crippen LogP contribution in [0.15, 0.2) is 34.4 Å². The normalized spacial score (nSPS) is 11.8. The maximum atomic E-state index is 12.5. The summed E-state index contributed by atoms with van der Waals surface area (Å²) in [6.45, 7) is 0.471. The van der Waals surface area contributed by atoms with Crippen LogP contribution in [0.4, 0.5) is 13.2 Å². The number of ether oxygens (including phenoxy) is 1. The molecule has 0 unspecified atom stereocenters. The maximum absolute atomic E-state index is 12.5. The van der Waals surface area contributed by atoms with E-state index in [0.29, 0.717) is 12.2 Å². The highest BCUT2D eigenvalue weighted by atomic mass is 79.9. The maximum Gasteiger partial charge on any atom is 0.416 e. The Bertz CT molecular complexity index is 556. The molecule has 1 heterocycles. The smallest absolute Gasteiger partial charge is 0.371 e. The fraction of sp³-hybridized carbons (Fsp3) is 0.250. The van der Waals surface area contributed by atoms with Gasteiger partial charge < -0.3 is 4.74 Å². The van der Waals surface area contributed by atoms with Gasteiger partial charge in [0.2, 0.25) is 0 Å². The lowest BCUT2D eigenvalue weighted by Gasteiger charge is -2.08. The summed E-state index contributed by atoms with van der Waals surface area (Å²) < 4.78 is 43.6. The highest BCUT2D eigenvalue weighted by Crippen LogP contribution is 2.29. The second-order valence-electron chi connectivity index (χ2n) is 3.77. The van der Waals surface area contributed by atoms with Gasteiger partial charge in [0.15, 0.2) is 3.92 Å². The van der Waals surface area contributed by atoms with Crippen LogP contribution in [0.25, 0.3) is 0 Å². The van der Waals surface area contributed by atoms with Gasteiger partial charge in [0, 0.05) is 6.20 Å². The molecule has 0 N–H and O–H groups in total. The molecule has 102 valence electrons. The number of hydrogen-bond donors (Lipinski definition) is 0. The van der Waals surface area contributed by atoms with Gasteiger partial charge in [0.25, 0.3) is 0 Å². The van der Waals surface area contributed by atoms with Crippen LogP contribution in [-0.2, 0) is 24.1 Å². The number of rotatable bonds is 4. The number of alkyl halides is 3. The van der Waals surface area contributed by atoms with Crippen LogP contribution >= 0.6 is 27.3 Å². The number of aromatic nitrogens is 1. The molecule has 0 spiro atoms. The Hall–Kier alpha value is -0.920. The molecule has 0 bridgehead atoms. The first-order valence-corrected chi connectivity index (χ1v) is 6.90. The molecule has 0 radical (unpaired) electrons. The third-order valence-electron chi connectivity index (χ3n) is 2.29. The number of thiazole rings is 1. The first kappa shape index (κ1) is 14.5. The van der Waals surface area contributed by atoms with E-state index in [9.17, 15) is 13.2 Å². The first-order valence-electron chi connectivity index (χ1n) is 5.29. The van der Waals surface area contributed by atoms with Crippen LogP contribution in [0.5, 0.6) is 0 Å². The van der Waals surface area contributed by atoms with Crippen molar-refractivity contribution in [2.24, 2.45) is 0 Å². The van der Waals surface area contributed by atoms with Gasteiger partial charge in [-0.2, -0.15) is 13.2 Å². The molecule has 1 aromatic heterocycles. The fourth-order valence-corrected chi connectivity index (χ4v) is 2.75. The van der Waals surface area contributed by atoms with E-state index in [1.54, 1.807) is 12.3 Å². The minimum absolute atomic E-state index is 0.138. The molecule has 2 aromatic rings. The lowest BCUT2D eigenvalue weighted by molar-refractivity contribution is -0.137. The Morgan fingerprint density at radius 1 is 1.26 bits per heavy atom. The van der Waals surface area contributed by atoms with Crippen molar-refractivity contribution in [1.29, 1.82) is 0 Å². The van der Waals surface area contributed by atoms with E-state index in [1.807, 2.05) is 0 Å². The topological polar surface area (TPSA) is 22.1 Å². The number of benzene rings is 1. The van der Waals surface area contributed by atoms with Crippen LogP contribution in [0, 0.1) is 0 Å². The molecule has 0 aliphatic heterocycles. The highest BCUT2D eigenvalue weighted by molar-refractivity contribution is 9.11. The molecule has 7 heteroatoms. The average molecular weight is 352 g/mol. The lowest BCUT2D eigenvalue weighted by Crippen LogP contribution is -2.05. The zero-order valence-electron chi connectivity index (χ0n) is 9.58. The quantitative estimate of drug-likeness (QED) is 0.800. The van der Waals surface area contributed by atoms with E-state index < -0.39 is 11.7 Å². The predicted molar refractivity (Wildman–Crippen MR) is 69.8 cm³/mol. The van der Waals surface area contributed by atoms with Crippen molar-refractivity contribution < 1.29 is 17.9 Å². The fourth-order valence-electron chi connectivity index (χ4n) is 1.46. The average Bonchev–Trinajstić information content (AvgIpc) is 2.74. The Kier molecular flexibility index (Phi) is 4.59.